The molecular formula is C16H15Cl2N3O2S. The smallest absolute Gasteiger partial charge is 0.265 e. The first kappa shape index (κ1) is 18.4. The van der Waals surface area contributed by atoms with E-state index >= 15 is 0 Å². The highest BCUT2D eigenvalue weighted by atomic mass is 35.5. The molecule has 0 radical (unpaired) electrons. The minimum Gasteiger partial charge on any atom is -0.344 e. The van der Waals surface area contributed by atoms with Crippen molar-refractivity contribution in [1.29, 1.82) is 0 Å². The van der Waals surface area contributed by atoms with Gasteiger partial charge in [-0.3, -0.25) is 14.9 Å². The van der Waals surface area contributed by atoms with Crippen molar-refractivity contribution in [2.45, 2.75) is 6.92 Å². The average molecular weight is 384 g/mol. The summed E-state index contributed by atoms with van der Waals surface area (Å²) in [6.45, 7) is 1.72. The molecule has 0 aliphatic rings. The molecule has 126 valence electrons. The molecule has 1 aromatic carbocycles. The Hall–Kier alpha value is -1.89. The quantitative estimate of drug-likeness (QED) is 0.807. The van der Waals surface area contributed by atoms with Crippen LogP contribution in [0.2, 0.25) is 10.0 Å². The maximum absolute atomic E-state index is 12.0. The zero-order chi connectivity index (χ0) is 17.9. The molecular weight excluding hydrogens is 369 g/mol. The van der Waals surface area contributed by atoms with Gasteiger partial charge in [-0.25, -0.2) is 4.98 Å². The molecule has 0 saturated heterocycles. The highest BCUT2D eigenvalue weighted by molar-refractivity contribution is 7.17. The molecule has 1 heterocycles. The van der Waals surface area contributed by atoms with Gasteiger partial charge in [0, 0.05) is 35.8 Å². The number of hydrogen-bond acceptors (Lipinski definition) is 4. The second-order valence-corrected chi connectivity index (χ2v) is 6.90. The monoisotopic (exact) mass is 383 g/mol. The summed E-state index contributed by atoms with van der Waals surface area (Å²) in [4.78, 5) is 30.2. The normalized spacial score (nSPS) is 10.9. The minimum atomic E-state index is -0.386. The van der Waals surface area contributed by atoms with Crippen LogP contribution in [0.4, 0.5) is 5.13 Å². The standard InChI is InChI=1S/C16H15Cl2N3O2S/c1-9-14(15(23)21(2)3)24-16(19-9)20-13(22)8-7-10-11(17)5-4-6-12(10)18/h4-8H,1-3H3,(H,19,20,22). The Morgan fingerprint density at radius 2 is 1.88 bits per heavy atom. The van der Waals surface area contributed by atoms with Gasteiger partial charge in [0.25, 0.3) is 5.91 Å². The van der Waals surface area contributed by atoms with Crippen LogP contribution in [0.1, 0.15) is 20.9 Å². The molecule has 5 nitrogen and oxygen atoms in total. The van der Waals surface area contributed by atoms with Crippen LogP contribution in [0.5, 0.6) is 0 Å². The number of anilines is 1. The number of aryl methyl sites for hydroxylation is 1. The fraction of sp³-hybridized carbons (Fsp3) is 0.188. The van der Waals surface area contributed by atoms with Gasteiger partial charge in [-0.05, 0) is 25.1 Å². The largest absolute Gasteiger partial charge is 0.344 e. The maximum Gasteiger partial charge on any atom is 0.265 e. The van der Waals surface area contributed by atoms with Crippen molar-refractivity contribution < 1.29 is 9.59 Å². The number of carbonyl (C=O) groups is 2. The van der Waals surface area contributed by atoms with E-state index in [9.17, 15) is 9.59 Å². The fourth-order valence-corrected chi connectivity index (χ4v) is 3.34. The number of hydrogen-bond donors (Lipinski definition) is 1. The fourth-order valence-electron chi connectivity index (χ4n) is 1.83. The molecule has 2 amide bonds. The van der Waals surface area contributed by atoms with Crippen LogP contribution in [0.15, 0.2) is 24.3 Å². The maximum atomic E-state index is 12.0. The van der Waals surface area contributed by atoms with Gasteiger partial charge in [-0.1, -0.05) is 40.6 Å². The molecule has 0 atom stereocenters. The Kier molecular flexibility index (Phi) is 5.99. The SMILES string of the molecule is Cc1nc(NC(=O)C=Cc2c(Cl)cccc2Cl)sc1C(=O)N(C)C. The minimum absolute atomic E-state index is 0.149. The van der Waals surface area contributed by atoms with E-state index in [2.05, 4.69) is 10.3 Å². The predicted octanol–water partition coefficient (Wildman–Crippen LogP) is 4.11. The van der Waals surface area contributed by atoms with E-state index in [1.807, 2.05) is 0 Å². The van der Waals surface area contributed by atoms with E-state index in [1.54, 1.807) is 39.2 Å². The molecule has 1 N–H and O–H groups in total. The summed E-state index contributed by atoms with van der Waals surface area (Å²) in [6, 6.07) is 5.10. The van der Waals surface area contributed by atoms with Gasteiger partial charge in [-0.2, -0.15) is 0 Å². The van der Waals surface area contributed by atoms with E-state index in [4.69, 9.17) is 23.2 Å². The van der Waals surface area contributed by atoms with E-state index in [0.29, 0.717) is 31.3 Å². The van der Waals surface area contributed by atoms with Crippen LogP contribution in [-0.2, 0) is 4.79 Å². The lowest BCUT2D eigenvalue weighted by Gasteiger charge is -2.07. The lowest BCUT2D eigenvalue weighted by atomic mass is 10.2. The van der Waals surface area contributed by atoms with E-state index in [-0.39, 0.29) is 11.8 Å². The number of halogens is 2. The van der Waals surface area contributed by atoms with Gasteiger partial charge in [0.15, 0.2) is 5.13 Å². The van der Waals surface area contributed by atoms with Crippen LogP contribution >= 0.6 is 34.5 Å². The van der Waals surface area contributed by atoms with Crippen molar-refractivity contribution in [2.24, 2.45) is 0 Å². The molecule has 0 aliphatic carbocycles. The molecule has 0 unspecified atom stereocenters. The Morgan fingerprint density at radius 1 is 1.25 bits per heavy atom. The number of thiazole rings is 1. The van der Waals surface area contributed by atoms with Gasteiger partial charge < -0.3 is 4.90 Å². The first-order valence-electron chi connectivity index (χ1n) is 6.91. The van der Waals surface area contributed by atoms with Gasteiger partial charge in [0.1, 0.15) is 4.88 Å². The van der Waals surface area contributed by atoms with Crippen molar-refractivity contribution in [2.75, 3.05) is 19.4 Å². The van der Waals surface area contributed by atoms with E-state index < -0.39 is 0 Å². The number of amides is 2. The van der Waals surface area contributed by atoms with Crippen molar-refractivity contribution in [3.63, 3.8) is 0 Å². The van der Waals surface area contributed by atoms with Crippen molar-refractivity contribution >= 4 is 57.6 Å². The molecule has 0 saturated carbocycles. The van der Waals surface area contributed by atoms with Crippen molar-refractivity contribution in [1.82, 2.24) is 9.88 Å². The number of carbonyl (C=O) groups excluding carboxylic acids is 2. The molecule has 24 heavy (non-hydrogen) atoms. The molecule has 0 spiro atoms. The van der Waals surface area contributed by atoms with Gasteiger partial charge in [0.2, 0.25) is 5.91 Å². The Balaban J connectivity index is 2.12. The van der Waals surface area contributed by atoms with Gasteiger partial charge in [0.05, 0.1) is 5.69 Å². The van der Waals surface area contributed by atoms with E-state index in [0.717, 1.165) is 11.3 Å². The second-order valence-electron chi connectivity index (χ2n) is 5.09. The van der Waals surface area contributed by atoms with Crippen LogP contribution in [0.25, 0.3) is 6.08 Å². The zero-order valence-corrected chi connectivity index (χ0v) is 15.6. The summed E-state index contributed by atoms with van der Waals surface area (Å²) in [5.41, 5.74) is 1.14. The first-order valence-corrected chi connectivity index (χ1v) is 8.49. The molecule has 0 bridgehead atoms. The first-order chi connectivity index (χ1) is 11.3. The molecule has 8 heteroatoms. The number of aromatic nitrogens is 1. The van der Waals surface area contributed by atoms with Crippen molar-refractivity contribution in [3.8, 4) is 0 Å². The summed E-state index contributed by atoms with van der Waals surface area (Å²) in [5.74, 6) is -0.535. The van der Waals surface area contributed by atoms with Crippen LogP contribution < -0.4 is 5.32 Å². The highest BCUT2D eigenvalue weighted by Crippen LogP contribution is 2.26. The molecule has 2 rings (SSSR count). The number of nitrogens with one attached hydrogen (secondary N) is 1. The van der Waals surface area contributed by atoms with Crippen molar-refractivity contribution in [3.05, 3.63) is 50.5 Å². The second kappa shape index (κ2) is 7.79. The number of nitrogens with zero attached hydrogens (tertiary/aromatic N) is 2. The van der Waals surface area contributed by atoms with Crippen LogP contribution in [-0.4, -0.2) is 35.8 Å². The predicted molar refractivity (Wildman–Crippen MR) is 99.0 cm³/mol. The number of benzene rings is 1. The molecule has 1 aromatic heterocycles. The Bertz CT molecular complexity index is 795. The number of rotatable bonds is 4. The summed E-state index contributed by atoms with van der Waals surface area (Å²) in [5, 5.41) is 3.90. The summed E-state index contributed by atoms with van der Waals surface area (Å²) in [7, 11) is 3.33. The van der Waals surface area contributed by atoms with Crippen LogP contribution in [0, 0.1) is 6.92 Å². The van der Waals surface area contributed by atoms with E-state index in [1.165, 1.54) is 17.1 Å². The Labute approximate surface area is 153 Å². The molecule has 0 aliphatic heterocycles. The third kappa shape index (κ3) is 4.35. The molecule has 2 aromatic rings. The summed E-state index contributed by atoms with van der Waals surface area (Å²) in [6.07, 6.45) is 2.85. The topological polar surface area (TPSA) is 62.3 Å². The lowest BCUT2D eigenvalue weighted by molar-refractivity contribution is -0.111. The lowest BCUT2D eigenvalue weighted by Crippen LogP contribution is -2.21. The summed E-state index contributed by atoms with van der Waals surface area (Å²) >= 11 is 13.2. The van der Waals surface area contributed by atoms with Crippen LogP contribution in [0.3, 0.4) is 0 Å². The average Bonchev–Trinajstić information content (AvgIpc) is 2.86. The Morgan fingerprint density at radius 3 is 2.46 bits per heavy atom. The third-order valence-corrected chi connectivity index (χ3v) is 4.75. The molecule has 0 fully saturated rings. The highest BCUT2D eigenvalue weighted by Gasteiger charge is 2.17. The summed E-state index contributed by atoms with van der Waals surface area (Å²) < 4.78 is 0. The van der Waals surface area contributed by atoms with Gasteiger partial charge >= 0.3 is 0 Å². The zero-order valence-electron chi connectivity index (χ0n) is 13.3. The van der Waals surface area contributed by atoms with Gasteiger partial charge in [-0.15, -0.1) is 0 Å². The third-order valence-electron chi connectivity index (χ3n) is 3.03.